The summed E-state index contributed by atoms with van der Waals surface area (Å²) in [6.07, 6.45) is 2.16. The Bertz CT molecular complexity index is 1200. The number of carbonyl (C=O) groups is 2. The van der Waals surface area contributed by atoms with E-state index in [1.807, 2.05) is 60.8 Å². The topological polar surface area (TPSA) is 80.4 Å². The number of fused-ring (bicyclic) bond motifs is 1. The Labute approximate surface area is 179 Å². The molecule has 0 aliphatic carbocycles. The minimum Gasteiger partial charge on any atom is -0.467 e. The highest BCUT2D eigenvalue weighted by Gasteiger charge is 2.24. The second-order valence-corrected chi connectivity index (χ2v) is 7.06. The van der Waals surface area contributed by atoms with Crippen molar-refractivity contribution in [1.29, 1.82) is 0 Å². The van der Waals surface area contributed by atoms with E-state index in [0.717, 1.165) is 16.5 Å². The van der Waals surface area contributed by atoms with Crippen LogP contribution in [0, 0.1) is 0 Å². The maximum Gasteiger partial charge on any atom is 0.328 e. The Morgan fingerprint density at radius 1 is 0.935 bits per heavy atom. The zero-order valence-corrected chi connectivity index (χ0v) is 17.0. The van der Waals surface area contributed by atoms with Crippen LogP contribution in [0.5, 0.6) is 11.5 Å². The van der Waals surface area contributed by atoms with Crippen LogP contribution in [0.25, 0.3) is 10.9 Å². The van der Waals surface area contributed by atoms with Crippen LogP contribution in [0.3, 0.4) is 0 Å². The molecule has 4 rings (SSSR count). The largest absolute Gasteiger partial charge is 0.467 e. The Morgan fingerprint density at radius 2 is 1.68 bits per heavy atom. The number of carbonyl (C=O) groups excluding carboxylic acids is 2. The van der Waals surface area contributed by atoms with Gasteiger partial charge >= 0.3 is 5.97 Å². The lowest BCUT2D eigenvalue weighted by Crippen LogP contribution is -2.43. The average Bonchev–Trinajstić information content (AvgIpc) is 3.22. The van der Waals surface area contributed by atoms with Crippen LogP contribution < -0.4 is 10.1 Å². The maximum atomic E-state index is 12.9. The third-order valence-corrected chi connectivity index (χ3v) is 4.97. The van der Waals surface area contributed by atoms with Crippen molar-refractivity contribution in [1.82, 2.24) is 10.3 Å². The van der Waals surface area contributed by atoms with Crippen molar-refractivity contribution in [2.24, 2.45) is 0 Å². The number of aromatic nitrogens is 1. The average molecular weight is 414 g/mol. The fourth-order valence-corrected chi connectivity index (χ4v) is 3.42. The quantitative estimate of drug-likeness (QED) is 0.437. The molecule has 0 fully saturated rings. The van der Waals surface area contributed by atoms with E-state index in [-0.39, 0.29) is 5.91 Å². The van der Waals surface area contributed by atoms with Gasteiger partial charge in [0.05, 0.1) is 7.11 Å². The summed E-state index contributed by atoms with van der Waals surface area (Å²) in [6, 6.07) is 23.1. The Kier molecular flexibility index (Phi) is 5.98. The summed E-state index contributed by atoms with van der Waals surface area (Å²) in [5.41, 5.74) is 2.28. The zero-order valence-electron chi connectivity index (χ0n) is 17.0. The SMILES string of the molecule is COC(=O)C(Cc1c[nH]c2ccccc12)NC(=O)c1cccc(Oc2ccccc2)c1. The van der Waals surface area contributed by atoms with Crippen LogP contribution in [-0.2, 0) is 16.0 Å². The van der Waals surface area contributed by atoms with Gasteiger partial charge in [0.25, 0.3) is 5.91 Å². The lowest BCUT2D eigenvalue weighted by molar-refractivity contribution is -0.142. The molecule has 6 nitrogen and oxygen atoms in total. The number of benzene rings is 3. The molecule has 2 N–H and O–H groups in total. The van der Waals surface area contributed by atoms with Gasteiger partial charge in [-0.05, 0) is 42.0 Å². The van der Waals surface area contributed by atoms with Crippen molar-refractivity contribution in [2.75, 3.05) is 7.11 Å². The molecule has 0 saturated heterocycles. The lowest BCUT2D eigenvalue weighted by atomic mass is 10.0. The van der Waals surface area contributed by atoms with Crippen molar-refractivity contribution in [2.45, 2.75) is 12.5 Å². The molecule has 156 valence electrons. The number of esters is 1. The fourth-order valence-electron chi connectivity index (χ4n) is 3.42. The molecule has 1 heterocycles. The number of rotatable bonds is 7. The van der Waals surface area contributed by atoms with E-state index >= 15 is 0 Å². The molecule has 0 bridgehead atoms. The summed E-state index contributed by atoms with van der Waals surface area (Å²) in [7, 11) is 1.31. The van der Waals surface area contributed by atoms with Crippen molar-refractivity contribution < 1.29 is 19.1 Å². The van der Waals surface area contributed by atoms with Gasteiger partial charge in [-0.3, -0.25) is 4.79 Å². The van der Waals surface area contributed by atoms with E-state index in [2.05, 4.69) is 10.3 Å². The Morgan fingerprint density at radius 3 is 2.48 bits per heavy atom. The summed E-state index contributed by atoms with van der Waals surface area (Å²) >= 11 is 0. The first-order valence-corrected chi connectivity index (χ1v) is 9.90. The van der Waals surface area contributed by atoms with Gasteiger partial charge in [-0.1, -0.05) is 42.5 Å². The zero-order chi connectivity index (χ0) is 21.6. The predicted octanol–water partition coefficient (Wildman–Crippen LogP) is 4.47. The van der Waals surface area contributed by atoms with Gasteiger partial charge in [0, 0.05) is 29.1 Å². The second kappa shape index (κ2) is 9.17. The standard InChI is InChI=1S/C25H22N2O4/c1-30-25(29)23(15-18-16-26-22-13-6-5-12-21(18)22)27-24(28)17-8-7-11-20(14-17)31-19-9-3-2-4-10-19/h2-14,16,23,26H,15H2,1H3,(H,27,28). The molecule has 31 heavy (non-hydrogen) atoms. The van der Waals surface area contributed by atoms with Gasteiger partial charge in [-0.25, -0.2) is 4.79 Å². The molecule has 0 radical (unpaired) electrons. The highest BCUT2D eigenvalue weighted by Crippen LogP contribution is 2.22. The van der Waals surface area contributed by atoms with Crippen molar-refractivity contribution in [3.63, 3.8) is 0 Å². The van der Waals surface area contributed by atoms with Gasteiger partial charge < -0.3 is 19.8 Å². The molecule has 0 aliphatic rings. The van der Waals surface area contributed by atoms with E-state index in [1.54, 1.807) is 24.3 Å². The molecule has 0 saturated carbocycles. The molecule has 4 aromatic rings. The minimum atomic E-state index is -0.824. The van der Waals surface area contributed by atoms with Crippen molar-refractivity contribution in [3.05, 3.63) is 96.2 Å². The van der Waals surface area contributed by atoms with Crippen LogP contribution in [-0.4, -0.2) is 30.0 Å². The first kappa shape index (κ1) is 20.2. The smallest absolute Gasteiger partial charge is 0.328 e. The van der Waals surface area contributed by atoms with Crippen LogP contribution >= 0.6 is 0 Å². The van der Waals surface area contributed by atoms with Gasteiger partial charge in [0.2, 0.25) is 0 Å². The Hall–Kier alpha value is -4.06. The number of H-pyrrole nitrogens is 1. The summed E-state index contributed by atoms with van der Waals surface area (Å²) < 4.78 is 10.7. The molecular formula is C25H22N2O4. The summed E-state index contributed by atoms with van der Waals surface area (Å²) in [5.74, 6) is 0.320. The number of methoxy groups -OCH3 is 1. The molecule has 1 atom stereocenters. The summed E-state index contributed by atoms with van der Waals surface area (Å²) in [6.45, 7) is 0. The van der Waals surface area contributed by atoms with Gasteiger partial charge in [0.15, 0.2) is 0 Å². The van der Waals surface area contributed by atoms with E-state index in [1.165, 1.54) is 7.11 Å². The third-order valence-electron chi connectivity index (χ3n) is 4.97. The van der Waals surface area contributed by atoms with E-state index < -0.39 is 12.0 Å². The number of ether oxygens (including phenoxy) is 2. The summed E-state index contributed by atoms with van der Waals surface area (Å²) in [4.78, 5) is 28.5. The molecule has 1 amide bonds. The number of para-hydroxylation sites is 2. The fraction of sp³-hybridized carbons (Fsp3) is 0.120. The van der Waals surface area contributed by atoms with Crippen molar-refractivity contribution in [3.8, 4) is 11.5 Å². The first-order chi connectivity index (χ1) is 15.1. The number of amides is 1. The molecule has 6 heteroatoms. The third kappa shape index (κ3) is 4.75. The number of aromatic amines is 1. The van der Waals surface area contributed by atoms with Crippen LogP contribution in [0.4, 0.5) is 0 Å². The van der Waals surface area contributed by atoms with Gasteiger partial charge in [0.1, 0.15) is 17.5 Å². The Balaban J connectivity index is 1.51. The van der Waals surface area contributed by atoms with E-state index in [9.17, 15) is 9.59 Å². The van der Waals surface area contributed by atoms with Crippen LogP contribution in [0.15, 0.2) is 85.1 Å². The minimum absolute atomic E-state index is 0.308. The maximum absolute atomic E-state index is 12.9. The lowest BCUT2D eigenvalue weighted by Gasteiger charge is -2.17. The van der Waals surface area contributed by atoms with Crippen LogP contribution in [0.1, 0.15) is 15.9 Å². The molecule has 0 aliphatic heterocycles. The van der Waals surface area contributed by atoms with E-state index in [0.29, 0.717) is 23.5 Å². The molecule has 3 aromatic carbocycles. The molecular weight excluding hydrogens is 392 g/mol. The first-order valence-electron chi connectivity index (χ1n) is 9.90. The normalized spacial score (nSPS) is 11.6. The molecule has 1 aromatic heterocycles. The predicted molar refractivity (Wildman–Crippen MR) is 118 cm³/mol. The molecule has 1 unspecified atom stereocenters. The molecule has 0 spiro atoms. The van der Waals surface area contributed by atoms with Crippen molar-refractivity contribution >= 4 is 22.8 Å². The highest BCUT2D eigenvalue weighted by atomic mass is 16.5. The number of hydrogen-bond donors (Lipinski definition) is 2. The van der Waals surface area contributed by atoms with E-state index in [4.69, 9.17) is 9.47 Å². The number of hydrogen-bond acceptors (Lipinski definition) is 4. The van der Waals surface area contributed by atoms with Gasteiger partial charge in [-0.15, -0.1) is 0 Å². The van der Waals surface area contributed by atoms with Gasteiger partial charge in [-0.2, -0.15) is 0 Å². The summed E-state index contributed by atoms with van der Waals surface area (Å²) in [5, 5.41) is 3.80. The monoisotopic (exact) mass is 414 g/mol. The van der Waals surface area contributed by atoms with Crippen LogP contribution in [0.2, 0.25) is 0 Å². The number of nitrogens with one attached hydrogen (secondary N) is 2. The highest BCUT2D eigenvalue weighted by molar-refractivity contribution is 5.97. The second-order valence-electron chi connectivity index (χ2n) is 7.06.